The van der Waals surface area contributed by atoms with Crippen LogP contribution in [0.4, 0.5) is 5.13 Å². The van der Waals surface area contributed by atoms with Crippen LogP contribution in [0.5, 0.6) is 0 Å². The van der Waals surface area contributed by atoms with Gasteiger partial charge in [0.1, 0.15) is 16.1 Å². The van der Waals surface area contributed by atoms with E-state index in [9.17, 15) is 9.59 Å². The minimum Gasteiger partial charge on any atom is -0.300 e. The molecule has 8 nitrogen and oxygen atoms in total. The first-order valence-electron chi connectivity index (χ1n) is 9.11. The number of carbonyl (C=O) groups excluding carboxylic acids is 1. The van der Waals surface area contributed by atoms with Gasteiger partial charge in [-0.1, -0.05) is 11.6 Å². The smallest absolute Gasteiger partial charge is 0.271 e. The van der Waals surface area contributed by atoms with Gasteiger partial charge in [-0.3, -0.25) is 14.2 Å². The molecular formula is C20H13ClN6O2S2. The summed E-state index contributed by atoms with van der Waals surface area (Å²) in [4.78, 5) is 43.6. The molecule has 0 saturated carbocycles. The van der Waals surface area contributed by atoms with E-state index in [1.54, 1.807) is 23.7 Å². The van der Waals surface area contributed by atoms with Gasteiger partial charge in [-0.05, 0) is 31.2 Å². The summed E-state index contributed by atoms with van der Waals surface area (Å²) in [5.74, 6) is 0.205. The minimum atomic E-state index is -0.347. The number of carbonyl (C=O) groups is 1. The normalized spacial score (nSPS) is 11.3. The Morgan fingerprint density at radius 1 is 1.19 bits per heavy atom. The Balaban J connectivity index is 1.55. The number of aryl methyl sites for hydroxylation is 1. The lowest BCUT2D eigenvalue weighted by molar-refractivity contribution is -0.116. The second-order valence-electron chi connectivity index (χ2n) is 6.66. The summed E-state index contributed by atoms with van der Waals surface area (Å²) in [5.41, 5.74) is 1.81. The first kappa shape index (κ1) is 19.7. The molecular weight excluding hydrogens is 456 g/mol. The Morgan fingerprint density at radius 3 is 2.74 bits per heavy atom. The van der Waals surface area contributed by atoms with Gasteiger partial charge in [-0.2, -0.15) is 0 Å². The van der Waals surface area contributed by atoms with Gasteiger partial charge in [0.15, 0.2) is 11.0 Å². The molecule has 31 heavy (non-hydrogen) atoms. The molecule has 0 aliphatic carbocycles. The fraction of sp³-hybridized carbons (Fsp3) is 0.100. The average molecular weight is 469 g/mol. The molecule has 0 saturated heterocycles. The van der Waals surface area contributed by atoms with E-state index in [1.165, 1.54) is 33.6 Å². The fourth-order valence-corrected chi connectivity index (χ4v) is 4.97. The van der Waals surface area contributed by atoms with Crippen molar-refractivity contribution in [1.82, 2.24) is 24.5 Å². The Kier molecular flexibility index (Phi) is 4.97. The number of hydrogen-bond donors (Lipinski definition) is 1. The van der Waals surface area contributed by atoms with Crippen molar-refractivity contribution < 1.29 is 4.79 Å². The maximum absolute atomic E-state index is 13.0. The van der Waals surface area contributed by atoms with Crippen LogP contribution in [0, 0.1) is 6.92 Å². The molecule has 4 heterocycles. The van der Waals surface area contributed by atoms with Gasteiger partial charge in [0, 0.05) is 22.2 Å². The number of rotatable bonds is 4. The van der Waals surface area contributed by atoms with E-state index >= 15 is 0 Å². The third kappa shape index (κ3) is 3.69. The zero-order chi connectivity index (χ0) is 21.5. The summed E-state index contributed by atoms with van der Waals surface area (Å²) in [7, 11) is 0. The maximum atomic E-state index is 13.0. The number of hydrogen-bond acceptors (Lipinski definition) is 8. The van der Waals surface area contributed by atoms with Crippen molar-refractivity contribution in [2.75, 3.05) is 5.32 Å². The zero-order valence-electron chi connectivity index (χ0n) is 16.0. The summed E-state index contributed by atoms with van der Waals surface area (Å²) in [6.45, 7) is 1.71. The van der Waals surface area contributed by atoms with Crippen LogP contribution >= 0.6 is 34.3 Å². The van der Waals surface area contributed by atoms with Crippen LogP contribution < -0.4 is 10.9 Å². The van der Waals surface area contributed by atoms with E-state index in [0.29, 0.717) is 31.0 Å². The largest absolute Gasteiger partial charge is 0.300 e. The van der Waals surface area contributed by atoms with Crippen LogP contribution in [-0.2, 0) is 11.3 Å². The number of amides is 1. The van der Waals surface area contributed by atoms with Crippen LogP contribution in [0.2, 0.25) is 5.02 Å². The number of aromatic nitrogens is 5. The monoisotopic (exact) mass is 468 g/mol. The van der Waals surface area contributed by atoms with E-state index in [-0.39, 0.29) is 18.0 Å². The van der Waals surface area contributed by atoms with Crippen LogP contribution in [0.3, 0.4) is 0 Å². The highest BCUT2D eigenvalue weighted by Gasteiger charge is 2.18. The number of thiazole rings is 1. The van der Waals surface area contributed by atoms with Crippen molar-refractivity contribution in [1.29, 1.82) is 0 Å². The van der Waals surface area contributed by atoms with Crippen molar-refractivity contribution in [3.63, 3.8) is 0 Å². The van der Waals surface area contributed by atoms with Crippen molar-refractivity contribution in [2.24, 2.45) is 0 Å². The standard InChI is InChI=1S/C20H13ClN6O2S2/c1-10-14-15-16(31-18(14)26-17(24-10)11-2-4-12(21)5-3-11)19(29)27(9-23-15)8-13(28)25-20-22-6-7-30-20/h2-7,9H,8H2,1H3,(H,22,25,28). The second-order valence-corrected chi connectivity index (χ2v) is 8.99. The molecule has 0 fully saturated rings. The molecule has 0 spiro atoms. The van der Waals surface area contributed by atoms with E-state index in [2.05, 4.69) is 25.3 Å². The summed E-state index contributed by atoms with van der Waals surface area (Å²) in [6, 6.07) is 7.26. The number of benzene rings is 1. The number of fused-ring (bicyclic) bond motifs is 3. The van der Waals surface area contributed by atoms with Gasteiger partial charge in [-0.15, -0.1) is 22.7 Å². The lowest BCUT2D eigenvalue weighted by atomic mass is 10.2. The van der Waals surface area contributed by atoms with Gasteiger partial charge >= 0.3 is 0 Å². The van der Waals surface area contributed by atoms with E-state index in [0.717, 1.165) is 16.6 Å². The lowest BCUT2D eigenvalue weighted by Crippen LogP contribution is -2.27. The molecule has 0 aliphatic heterocycles. The van der Waals surface area contributed by atoms with Crippen molar-refractivity contribution in [3.05, 3.63) is 63.2 Å². The Bertz CT molecular complexity index is 1490. The summed E-state index contributed by atoms with van der Waals surface area (Å²) < 4.78 is 1.72. The summed E-state index contributed by atoms with van der Waals surface area (Å²) in [6.07, 6.45) is 2.98. The zero-order valence-corrected chi connectivity index (χ0v) is 18.4. The van der Waals surface area contributed by atoms with Crippen molar-refractivity contribution in [3.8, 4) is 11.4 Å². The number of nitrogens with one attached hydrogen (secondary N) is 1. The molecule has 154 valence electrons. The molecule has 0 atom stereocenters. The Morgan fingerprint density at radius 2 is 2.00 bits per heavy atom. The van der Waals surface area contributed by atoms with Gasteiger partial charge in [0.05, 0.1) is 22.9 Å². The number of nitrogens with zero attached hydrogens (tertiary/aromatic N) is 5. The highest BCUT2D eigenvalue weighted by molar-refractivity contribution is 7.25. The molecule has 11 heteroatoms. The first-order chi connectivity index (χ1) is 15.0. The van der Waals surface area contributed by atoms with Crippen molar-refractivity contribution in [2.45, 2.75) is 13.5 Å². The minimum absolute atomic E-state index is 0.156. The first-order valence-corrected chi connectivity index (χ1v) is 11.2. The molecule has 0 aliphatic rings. The Hall–Kier alpha value is -3.21. The third-order valence-electron chi connectivity index (χ3n) is 4.58. The number of thiophene rings is 1. The molecule has 0 unspecified atom stereocenters. The number of halogens is 1. The summed E-state index contributed by atoms with van der Waals surface area (Å²) in [5, 5.41) is 6.28. The molecule has 4 aromatic heterocycles. The summed E-state index contributed by atoms with van der Waals surface area (Å²) >= 11 is 8.52. The Labute approximate surface area is 188 Å². The second kappa shape index (κ2) is 7.80. The van der Waals surface area contributed by atoms with Crippen LogP contribution in [0.15, 0.2) is 47.0 Å². The molecule has 1 amide bonds. The van der Waals surface area contributed by atoms with Gasteiger partial charge in [-0.25, -0.2) is 19.9 Å². The molecule has 1 N–H and O–H groups in total. The van der Waals surface area contributed by atoms with Crippen LogP contribution in [0.1, 0.15) is 5.69 Å². The predicted octanol–water partition coefficient (Wildman–Crippen LogP) is 4.13. The topological polar surface area (TPSA) is 103 Å². The lowest BCUT2D eigenvalue weighted by Gasteiger charge is -2.05. The van der Waals surface area contributed by atoms with Gasteiger partial charge in [0.2, 0.25) is 5.91 Å². The molecule has 1 aromatic carbocycles. The molecule has 5 rings (SSSR count). The molecule has 0 bridgehead atoms. The fourth-order valence-electron chi connectivity index (χ4n) is 3.17. The van der Waals surface area contributed by atoms with Crippen LogP contribution in [-0.4, -0.2) is 30.4 Å². The SMILES string of the molecule is Cc1nc(-c2ccc(Cl)cc2)nc2sc3c(=O)n(CC(=O)Nc4nccs4)cnc3c12. The van der Waals surface area contributed by atoms with Gasteiger partial charge in [0.25, 0.3) is 5.56 Å². The molecule has 5 aromatic rings. The third-order valence-corrected chi connectivity index (χ3v) is 6.59. The van der Waals surface area contributed by atoms with Crippen LogP contribution in [0.25, 0.3) is 31.8 Å². The van der Waals surface area contributed by atoms with E-state index in [1.807, 2.05) is 19.1 Å². The van der Waals surface area contributed by atoms with E-state index in [4.69, 9.17) is 11.6 Å². The highest BCUT2D eigenvalue weighted by atomic mass is 35.5. The highest BCUT2D eigenvalue weighted by Crippen LogP contribution is 2.32. The average Bonchev–Trinajstić information content (AvgIpc) is 3.38. The maximum Gasteiger partial charge on any atom is 0.271 e. The predicted molar refractivity (Wildman–Crippen MR) is 123 cm³/mol. The van der Waals surface area contributed by atoms with Gasteiger partial charge < -0.3 is 5.32 Å². The van der Waals surface area contributed by atoms with Crippen molar-refractivity contribution >= 4 is 65.7 Å². The molecule has 0 radical (unpaired) electrons. The van der Waals surface area contributed by atoms with E-state index < -0.39 is 0 Å². The number of anilines is 1. The quantitative estimate of drug-likeness (QED) is 0.425.